The number of rotatable bonds is 4. The molecule has 32 heavy (non-hydrogen) atoms. The molecule has 0 spiro atoms. The zero-order valence-corrected chi connectivity index (χ0v) is 20.3. The Kier molecular flexibility index (Phi) is 6.88. The van der Waals surface area contributed by atoms with Gasteiger partial charge >= 0.3 is 5.97 Å². The summed E-state index contributed by atoms with van der Waals surface area (Å²) in [6, 6.07) is 14.1. The van der Waals surface area contributed by atoms with E-state index in [1.54, 1.807) is 30.0 Å². The summed E-state index contributed by atoms with van der Waals surface area (Å²) in [6.45, 7) is 5.79. The fourth-order valence-corrected chi connectivity index (χ4v) is 6.00. The molecule has 0 bridgehead atoms. The van der Waals surface area contributed by atoms with E-state index < -0.39 is 5.97 Å². The largest absolute Gasteiger partial charge is 0.476 e. The molecule has 0 saturated carbocycles. The predicted molar refractivity (Wildman–Crippen MR) is 136 cm³/mol. The SMILES string of the molecule is CC.Cc1sc(-c2ccc3c(c2)/C(=N/Nc2nc4ccccc4s2)CCS3)nc1C(=O)O. The van der Waals surface area contributed by atoms with Crippen molar-refractivity contribution in [3.63, 3.8) is 0 Å². The number of hydrazone groups is 1. The van der Waals surface area contributed by atoms with E-state index in [1.807, 2.05) is 44.2 Å². The van der Waals surface area contributed by atoms with Crippen LogP contribution in [0.15, 0.2) is 52.5 Å². The minimum absolute atomic E-state index is 0.119. The van der Waals surface area contributed by atoms with Gasteiger partial charge in [0.05, 0.1) is 15.9 Å². The molecule has 5 rings (SSSR count). The summed E-state index contributed by atoms with van der Waals surface area (Å²) in [4.78, 5) is 22.1. The van der Waals surface area contributed by atoms with E-state index in [1.165, 1.54) is 16.2 Å². The molecule has 0 fully saturated rings. The van der Waals surface area contributed by atoms with Crippen LogP contribution in [0.5, 0.6) is 0 Å². The van der Waals surface area contributed by atoms with Gasteiger partial charge in [-0.25, -0.2) is 14.8 Å². The van der Waals surface area contributed by atoms with Crippen molar-refractivity contribution in [1.29, 1.82) is 0 Å². The van der Waals surface area contributed by atoms with Gasteiger partial charge in [0.15, 0.2) is 5.69 Å². The number of aryl methyl sites for hydroxylation is 1. The Morgan fingerprint density at radius 3 is 2.69 bits per heavy atom. The molecule has 1 aliphatic heterocycles. The maximum Gasteiger partial charge on any atom is 0.355 e. The van der Waals surface area contributed by atoms with E-state index in [0.717, 1.165) is 44.4 Å². The lowest BCUT2D eigenvalue weighted by Crippen LogP contribution is -2.12. The van der Waals surface area contributed by atoms with Gasteiger partial charge in [-0.1, -0.05) is 43.4 Å². The monoisotopic (exact) mass is 482 g/mol. The van der Waals surface area contributed by atoms with Gasteiger partial charge in [-0.15, -0.1) is 23.1 Å². The highest BCUT2D eigenvalue weighted by Gasteiger charge is 2.20. The molecule has 9 heteroatoms. The van der Waals surface area contributed by atoms with E-state index in [0.29, 0.717) is 9.88 Å². The lowest BCUT2D eigenvalue weighted by Gasteiger charge is -2.18. The molecule has 0 unspecified atom stereocenters. The Morgan fingerprint density at radius 1 is 1.12 bits per heavy atom. The van der Waals surface area contributed by atoms with E-state index in [9.17, 15) is 9.90 Å². The Labute approximate surface area is 198 Å². The van der Waals surface area contributed by atoms with Gasteiger partial charge in [-0.3, -0.25) is 5.43 Å². The molecule has 0 atom stereocenters. The molecule has 3 heterocycles. The van der Waals surface area contributed by atoms with Crippen molar-refractivity contribution in [2.75, 3.05) is 11.2 Å². The number of fused-ring (bicyclic) bond motifs is 2. The fourth-order valence-electron chi connectivity index (χ4n) is 3.28. The zero-order chi connectivity index (χ0) is 22.7. The number of carboxylic acids is 1. The number of hydrogen-bond donors (Lipinski definition) is 2. The van der Waals surface area contributed by atoms with Crippen molar-refractivity contribution in [3.05, 3.63) is 58.6 Å². The topological polar surface area (TPSA) is 87.5 Å². The first-order valence-electron chi connectivity index (χ1n) is 10.2. The van der Waals surface area contributed by atoms with Crippen LogP contribution in [0.3, 0.4) is 0 Å². The first-order chi connectivity index (χ1) is 15.6. The van der Waals surface area contributed by atoms with Crippen molar-refractivity contribution in [2.45, 2.75) is 32.1 Å². The van der Waals surface area contributed by atoms with Crippen LogP contribution in [0.2, 0.25) is 0 Å². The highest BCUT2D eigenvalue weighted by Crippen LogP contribution is 2.36. The molecular formula is C23H22N4O2S3. The van der Waals surface area contributed by atoms with Crippen LogP contribution in [-0.2, 0) is 0 Å². The Morgan fingerprint density at radius 2 is 1.94 bits per heavy atom. The minimum Gasteiger partial charge on any atom is -0.476 e. The number of nitrogens with one attached hydrogen (secondary N) is 1. The molecule has 0 amide bonds. The zero-order valence-electron chi connectivity index (χ0n) is 17.9. The summed E-state index contributed by atoms with van der Waals surface area (Å²) in [5.41, 5.74) is 7.14. The predicted octanol–water partition coefficient (Wildman–Crippen LogP) is 6.76. The maximum absolute atomic E-state index is 11.3. The number of para-hydroxylation sites is 1. The second kappa shape index (κ2) is 9.81. The van der Waals surface area contributed by atoms with Crippen LogP contribution < -0.4 is 5.43 Å². The second-order valence-electron chi connectivity index (χ2n) is 6.70. The summed E-state index contributed by atoms with van der Waals surface area (Å²) >= 11 is 4.78. The number of thioether (sulfide) groups is 1. The number of aromatic nitrogens is 2. The van der Waals surface area contributed by atoms with Crippen LogP contribution in [0.1, 0.15) is 41.2 Å². The molecule has 0 aliphatic carbocycles. The number of carbonyl (C=O) groups is 1. The molecule has 0 saturated heterocycles. The second-order valence-corrected chi connectivity index (χ2v) is 10.1. The third-order valence-corrected chi connectivity index (χ3v) is 7.75. The van der Waals surface area contributed by atoms with E-state index in [4.69, 9.17) is 0 Å². The Hall–Kier alpha value is -2.75. The Balaban J connectivity index is 0.00000119. The summed E-state index contributed by atoms with van der Waals surface area (Å²) in [5.74, 6) is -0.0301. The first-order valence-corrected chi connectivity index (χ1v) is 12.9. The molecule has 2 aromatic carbocycles. The number of nitrogens with zero attached hydrogens (tertiary/aromatic N) is 3. The molecule has 2 N–H and O–H groups in total. The van der Waals surface area contributed by atoms with Gasteiger partial charge in [-0.2, -0.15) is 5.10 Å². The number of benzene rings is 2. The van der Waals surface area contributed by atoms with Gasteiger partial charge in [0.25, 0.3) is 0 Å². The number of anilines is 1. The first kappa shape index (κ1) is 22.4. The van der Waals surface area contributed by atoms with Crippen LogP contribution in [0.25, 0.3) is 20.8 Å². The summed E-state index contributed by atoms with van der Waals surface area (Å²) in [6.07, 6.45) is 0.844. The standard InChI is InChI=1S/C21H16N4O2S3.C2H6/c1-11-18(20(26)27)23-19(29-11)12-6-7-16-13(10-12)14(8-9-28-16)24-25-21-22-15-4-2-3-5-17(15)30-21;1-2/h2-7,10H,8-9H2,1H3,(H,22,25)(H,26,27);1-2H3/b24-14+;. The number of thiazole rings is 2. The molecular weight excluding hydrogens is 460 g/mol. The smallest absolute Gasteiger partial charge is 0.355 e. The number of aromatic carboxylic acids is 1. The lowest BCUT2D eigenvalue weighted by molar-refractivity contribution is 0.0690. The van der Waals surface area contributed by atoms with Gasteiger partial charge in [0, 0.05) is 33.1 Å². The van der Waals surface area contributed by atoms with Crippen molar-refractivity contribution >= 4 is 61.5 Å². The van der Waals surface area contributed by atoms with Crippen molar-refractivity contribution in [2.24, 2.45) is 5.10 Å². The summed E-state index contributed by atoms with van der Waals surface area (Å²) in [5, 5.41) is 15.4. The maximum atomic E-state index is 11.3. The highest BCUT2D eigenvalue weighted by molar-refractivity contribution is 7.99. The Bertz CT molecular complexity index is 1280. The molecule has 2 aromatic heterocycles. The van der Waals surface area contributed by atoms with Crippen LogP contribution in [-0.4, -0.2) is 32.5 Å². The quantitative estimate of drug-likeness (QED) is 0.312. The normalized spacial score (nSPS) is 14.0. The molecule has 0 radical (unpaired) electrons. The average Bonchev–Trinajstić information content (AvgIpc) is 3.42. The van der Waals surface area contributed by atoms with E-state index >= 15 is 0 Å². The van der Waals surface area contributed by atoms with Crippen molar-refractivity contribution in [1.82, 2.24) is 9.97 Å². The van der Waals surface area contributed by atoms with Gasteiger partial charge in [0.1, 0.15) is 5.01 Å². The number of hydrogen-bond acceptors (Lipinski definition) is 8. The fraction of sp³-hybridized carbons (Fsp3) is 0.217. The van der Waals surface area contributed by atoms with Crippen molar-refractivity contribution in [3.8, 4) is 10.6 Å². The molecule has 1 aliphatic rings. The van der Waals surface area contributed by atoms with Crippen molar-refractivity contribution < 1.29 is 9.90 Å². The van der Waals surface area contributed by atoms with E-state index in [2.05, 4.69) is 32.6 Å². The molecule has 4 aromatic rings. The van der Waals surface area contributed by atoms with Crippen LogP contribution in [0, 0.1) is 6.92 Å². The van der Waals surface area contributed by atoms with E-state index in [-0.39, 0.29) is 5.69 Å². The summed E-state index contributed by atoms with van der Waals surface area (Å²) < 4.78 is 1.12. The summed E-state index contributed by atoms with van der Waals surface area (Å²) in [7, 11) is 0. The third-order valence-electron chi connectivity index (χ3n) is 4.71. The van der Waals surface area contributed by atoms with Gasteiger partial charge in [-0.05, 0) is 31.2 Å². The third kappa shape index (κ3) is 4.55. The average molecular weight is 483 g/mol. The number of carboxylic acid groups (broad SMARTS) is 1. The highest BCUT2D eigenvalue weighted by atomic mass is 32.2. The van der Waals surface area contributed by atoms with Gasteiger partial charge < -0.3 is 5.11 Å². The minimum atomic E-state index is -0.995. The van der Waals surface area contributed by atoms with Gasteiger partial charge in [0.2, 0.25) is 5.13 Å². The lowest BCUT2D eigenvalue weighted by atomic mass is 10.0. The molecule has 6 nitrogen and oxygen atoms in total. The molecule has 164 valence electrons. The van der Waals surface area contributed by atoms with Crippen LogP contribution >= 0.6 is 34.4 Å². The van der Waals surface area contributed by atoms with Crippen LogP contribution in [0.4, 0.5) is 5.13 Å².